The van der Waals surface area contributed by atoms with Crippen molar-refractivity contribution < 1.29 is 4.79 Å². The highest BCUT2D eigenvalue weighted by Crippen LogP contribution is 2.30. The fourth-order valence-electron chi connectivity index (χ4n) is 3.36. The molecule has 3 nitrogen and oxygen atoms in total. The smallest absolute Gasteiger partial charge is 0.253 e. The largest absolute Gasteiger partial charge is 0.382 e. The van der Waals surface area contributed by atoms with Gasteiger partial charge in [0.1, 0.15) is 0 Å². The van der Waals surface area contributed by atoms with Crippen LogP contribution in [0.4, 0.5) is 5.69 Å². The fourth-order valence-corrected chi connectivity index (χ4v) is 3.36. The third-order valence-electron chi connectivity index (χ3n) is 4.70. The zero-order valence-electron chi connectivity index (χ0n) is 13.6. The number of carbonyl (C=O) groups is 1. The number of anilines is 1. The van der Waals surface area contributed by atoms with Crippen molar-refractivity contribution in [1.82, 2.24) is 4.90 Å². The predicted molar refractivity (Wildman–Crippen MR) is 88.7 cm³/mol. The zero-order valence-corrected chi connectivity index (χ0v) is 13.6. The number of carbonyl (C=O) groups excluding carboxylic acids is 1. The second-order valence-electron chi connectivity index (χ2n) is 5.91. The Morgan fingerprint density at radius 3 is 2.67 bits per heavy atom. The fraction of sp³-hybridized carbons (Fsp3) is 0.611. The van der Waals surface area contributed by atoms with Crippen LogP contribution in [0.3, 0.4) is 0 Å². The molecule has 0 heterocycles. The molecule has 0 bridgehead atoms. The van der Waals surface area contributed by atoms with E-state index >= 15 is 0 Å². The molecule has 1 aliphatic rings. The standard InChI is InChI=1S/C18H28N2O/c1-4-14-9-8-12-17(14)19-16-11-7-10-15(13-16)18(21)20(5-2)6-3/h7,10-11,13-14,17,19H,4-6,8-9,12H2,1-3H3. The molecule has 2 atom stereocenters. The summed E-state index contributed by atoms with van der Waals surface area (Å²) >= 11 is 0. The lowest BCUT2D eigenvalue weighted by Crippen LogP contribution is -2.30. The molecule has 21 heavy (non-hydrogen) atoms. The lowest BCUT2D eigenvalue weighted by molar-refractivity contribution is 0.0773. The quantitative estimate of drug-likeness (QED) is 0.852. The Bertz CT molecular complexity index is 468. The molecule has 1 aromatic carbocycles. The van der Waals surface area contributed by atoms with Crippen molar-refractivity contribution in [2.45, 2.75) is 52.5 Å². The summed E-state index contributed by atoms with van der Waals surface area (Å²) in [7, 11) is 0. The number of benzene rings is 1. The monoisotopic (exact) mass is 288 g/mol. The van der Waals surface area contributed by atoms with Gasteiger partial charge in [0.25, 0.3) is 5.91 Å². The van der Waals surface area contributed by atoms with Gasteiger partial charge in [0.05, 0.1) is 0 Å². The van der Waals surface area contributed by atoms with Crippen molar-refractivity contribution in [3.63, 3.8) is 0 Å². The highest BCUT2D eigenvalue weighted by molar-refractivity contribution is 5.95. The summed E-state index contributed by atoms with van der Waals surface area (Å²) in [5, 5.41) is 3.64. The van der Waals surface area contributed by atoms with Gasteiger partial charge in [-0.2, -0.15) is 0 Å². The van der Waals surface area contributed by atoms with E-state index in [1.54, 1.807) is 0 Å². The Morgan fingerprint density at radius 2 is 2.00 bits per heavy atom. The topological polar surface area (TPSA) is 32.3 Å². The molecule has 0 radical (unpaired) electrons. The lowest BCUT2D eigenvalue weighted by atomic mass is 10.0. The first-order valence-corrected chi connectivity index (χ1v) is 8.35. The van der Waals surface area contributed by atoms with E-state index < -0.39 is 0 Å². The number of nitrogens with zero attached hydrogens (tertiary/aromatic N) is 1. The van der Waals surface area contributed by atoms with Gasteiger partial charge in [-0.05, 0) is 50.8 Å². The van der Waals surface area contributed by atoms with Crippen molar-refractivity contribution >= 4 is 11.6 Å². The van der Waals surface area contributed by atoms with Crippen LogP contribution in [-0.2, 0) is 0 Å². The van der Waals surface area contributed by atoms with Crippen LogP contribution in [0.25, 0.3) is 0 Å². The highest BCUT2D eigenvalue weighted by Gasteiger charge is 2.25. The number of hydrogen-bond donors (Lipinski definition) is 1. The van der Waals surface area contributed by atoms with Gasteiger partial charge in [-0.3, -0.25) is 4.79 Å². The maximum Gasteiger partial charge on any atom is 0.253 e. The van der Waals surface area contributed by atoms with Crippen LogP contribution in [0.2, 0.25) is 0 Å². The predicted octanol–water partition coefficient (Wildman–Crippen LogP) is 4.16. The maximum atomic E-state index is 12.4. The first-order valence-electron chi connectivity index (χ1n) is 8.35. The van der Waals surface area contributed by atoms with Gasteiger partial charge in [-0.1, -0.05) is 25.8 Å². The third kappa shape index (κ3) is 3.78. The molecule has 1 fully saturated rings. The molecule has 1 aromatic rings. The molecule has 2 rings (SSSR count). The van der Waals surface area contributed by atoms with Gasteiger partial charge in [0.15, 0.2) is 0 Å². The molecule has 0 spiro atoms. The van der Waals surface area contributed by atoms with Crippen LogP contribution in [0.15, 0.2) is 24.3 Å². The average molecular weight is 288 g/mol. The van der Waals surface area contributed by atoms with Gasteiger partial charge in [0, 0.05) is 30.4 Å². The first-order chi connectivity index (χ1) is 10.2. The Labute approximate surface area is 128 Å². The van der Waals surface area contributed by atoms with E-state index in [0.29, 0.717) is 6.04 Å². The molecule has 116 valence electrons. The Morgan fingerprint density at radius 1 is 1.24 bits per heavy atom. The average Bonchev–Trinajstić information content (AvgIpc) is 2.96. The normalized spacial score (nSPS) is 21.3. The zero-order chi connectivity index (χ0) is 15.2. The molecular formula is C18H28N2O. The van der Waals surface area contributed by atoms with E-state index in [9.17, 15) is 4.79 Å². The van der Waals surface area contributed by atoms with Gasteiger partial charge in [-0.25, -0.2) is 0 Å². The lowest BCUT2D eigenvalue weighted by Gasteiger charge is -2.22. The van der Waals surface area contributed by atoms with Gasteiger partial charge in [0.2, 0.25) is 0 Å². The minimum absolute atomic E-state index is 0.127. The summed E-state index contributed by atoms with van der Waals surface area (Å²) in [5.74, 6) is 0.897. The number of nitrogens with one attached hydrogen (secondary N) is 1. The second kappa shape index (κ2) is 7.48. The van der Waals surface area contributed by atoms with Crippen LogP contribution < -0.4 is 5.32 Å². The molecular weight excluding hydrogens is 260 g/mol. The van der Waals surface area contributed by atoms with Crippen LogP contribution in [0.1, 0.15) is 56.8 Å². The van der Waals surface area contributed by atoms with E-state index in [2.05, 4.69) is 18.3 Å². The second-order valence-corrected chi connectivity index (χ2v) is 5.91. The Kier molecular flexibility index (Phi) is 5.66. The van der Waals surface area contributed by atoms with Gasteiger partial charge < -0.3 is 10.2 Å². The van der Waals surface area contributed by atoms with Crippen molar-refractivity contribution in [3.8, 4) is 0 Å². The summed E-state index contributed by atoms with van der Waals surface area (Å²) in [6.07, 6.45) is 5.11. The van der Waals surface area contributed by atoms with E-state index in [0.717, 1.165) is 30.3 Å². The van der Waals surface area contributed by atoms with Gasteiger partial charge in [-0.15, -0.1) is 0 Å². The van der Waals surface area contributed by atoms with Crippen LogP contribution in [0, 0.1) is 5.92 Å². The summed E-state index contributed by atoms with van der Waals surface area (Å²) < 4.78 is 0. The number of amides is 1. The molecule has 1 N–H and O–H groups in total. The Hall–Kier alpha value is -1.51. The van der Waals surface area contributed by atoms with Crippen molar-refractivity contribution in [1.29, 1.82) is 0 Å². The summed E-state index contributed by atoms with van der Waals surface area (Å²) in [6.45, 7) is 7.83. The van der Waals surface area contributed by atoms with Crippen molar-refractivity contribution in [3.05, 3.63) is 29.8 Å². The number of hydrogen-bond acceptors (Lipinski definition) is 2. The molecule has 1 aliphatic carbocycles. The highest BCUT2D eigenvalue weighted by atomic mass is 16.2. The van der Waals surface area contributed by atoms with Crippen LogP contribution in [-0.4, -0.2) is 29.9 Å². The van der Waals surface area contributed by atoms with Crippen LogP contribution in [0.5, 0.6) is 0 Å². The van der Waals surface area contributed by atoms with E-state index in [-0.39, 0.29) is 5.91 Å². The minimum atomic E-state index is 0.127. The molecule has 1 saturated carbocycles. The summed E-state index contributed by atoms with van der Waals surface area (Å²) in [6, 6.07) is 8.54. The third-order valence-corrected chi connectivity index (χ3v) is 4.70. The summed E-state index contributed by atoms with van der Waals surface area (Å²) in [4.78, 5) is 14.3. The minimum Gasteiger partial charge on any atom is -0.382 e. The number of rotatable bonds is 6. The van der Waals surface area contributed by atoms with Crippen LogP contribution >= 0.6 is 0 Å². The molecule has 1 amide bonds. The van der Waals surface area contributed by atoms with Crippen molar-refractivity contribution in [2.24, 2.45) is 5.92 Å². The van der Waals surface area contributed by atoms with Crippen molar-refractivity contribution in [2.75, 3.05) is 18.4 Å². The molecule has 3 heteroatoms. The SMILES string of the molecule is CCC1CCCC1Nc1cccc(C(=O)N(CC)CC)c1. The van der Waals surface area contributed by atoms with E-state index in [1.165, 1.54) is 25.7 Å². The first kappa shape index (κ1) is 15.9. The molecule has 0 aromatic heterocycles. The summed E-state index contributed by atoms with van der Waals surface area (Å²) in [5.41, 5.74) is 1.87. The maximum absolute atomic E-state index is 12.4. The van der Waals surface area contributed by atoms with Gasteiger partial charge >= 0.3 is 0 Å². The Balaban J connectivity index is 2.09. The molecule has 2 unspecified atom stereocenters. The molecule has 0 aliphatic heterocycles. The van der Waals surface area contributed by atoms with E-state index in [1.807, 2.05) is 36.9 Å². The van der Waals surface area contributed by atoms with E-state index in [4.69, 9.17) is 0 Å². The molecule has 0 saturated heterocycles.